The van der Waals surface area contributed by atoms with E-state index in [1.165, 1.54) is 0 Å². The number of hydrazone groups is 1. The van der Waals surface area contributed by atoms with E-state index in [4.69, 9.17) is 10.5 Å². The van der Waals surface area contributed by atoms with Crippen LogP contribution in [0.5, 0.6) is 5.75 Å². The Morgan fingerprint density at radius 3 is 2.93 bits per heavy atom. The van der Waals surface area contributed by atoms with Gasteiger partial charge in [-0.3, -0.25) is 0 Å². The number of ether oxygens (including phenoxy) is 1. The first-order valence-corrected chi connectivity index (χ1v) is 5.31. The van der Waals surface area contributed by atoms with E-state index in [0.717, 1.165) is 15.8 Å². The van der Waals surface area contributed by atoms with E-state index in [2.05, 4.69) is 38.7 Å². The Hall–Kier alpha value is -1.14. The summed E-state index contributed by atoms with van der Waals surface area (Å²) < 4.78 is 5.99. The fourth-order valence-corrected chi connectivity index (χ4v) is 1.58. The third-order valence-electron chi connectivity index (χ3n) is 1.61. The largest absolute Gasteiger partial charge is 0.496 e. The van der Waals surface area contributed by atoms with Gasteiger partial charge in [0.2, 0.25) is 5.11 Å². The van der Waals surface area contributed by atoms with Gasteiger partial charge >= 0.3 is 0 Å². The fraction of sp³-hybridized carbons (Fsp3) is 0.111. The third-order valence-corrected chi connectivity index (χ3v) is 2.33. The molecule has 1 rings (SSSR count). The van der Waals surface area contributed by atoms with E-state index in [-0.39, 0.29) is 5.11 Å². The van der Waals surface area contributed by atoms with Gasteiger partial charge in [-0.2, -0.15) is 0 Å². The van der Waals surface area contributed by atoms with Crippen molar-refractivity contribution in [1.29, 1.82) is 0 Å². The predicted molar refractivity (Wildman–Crippen MR) is 66.7 cm³/mol. The van der Waals surface area contributed by atoms with Crippen LogP contribution in [-0.4, -0.2) is 18.4 Å². The molecule has 0 bridgehead atoms. The van der Waals surface area contributed by atoms with Gasteiger partial charge in [-0.15, -0.1) is 10.5 Å². The van der Waals surface area contributed by atoms with Crippen LogP contribution in [-0.2, 0) is 0 Å². The summed E-state index contributed by atoms with van der Waals surface area (Å²) in [5.74, 6) is 0.787. The number of halogens is 1. The molecule has 0 aromatic heterocycles. The number of rotatable bonds is 3. The van der Waals surface area contributed by atoms with Crippen LogP contribution in [0.2, 0.25) is 0 Å². The van der Waals surface area contributed by atoms with E-state index in [1.807, 2.05) is 18.2 Å². The van der Waals surface area contributed by atoms with Crippen molar-refractivity contribution >= 4 is 39.5 Å². The predicted octanol–water partition coefficient (Wildman–Crippen LogP) is -0.295. The van der Waals surface area contributed by atoms with Gasteiger partial charge in [-0.25, -0.2) is 0 Å². The maximum atomic E-state index is 5.24. The van der Waals surface area contributed by atoms with E-state index in [9.17, 15) is 0 Å². The summed E-state index contributed by atoms with van der Waals surface area (Å²) >= 11 is 8.02. The molecule has 0 saturated heterocycles. The lowest BCUT2D eigenvalue weighted by Crippen LogP contribution is -2.82. The Balaban J connectivity index is 2.75. The number of nitrogens with two attached hydrogens (primary N) is 1. The highest BCUT2D eigenvalue weighted by Crippen LogP contribution is 2.24. The molecule has 0 amide bonds. The monoisotopic (exact) mass is 288 g/mol. The van der Waals surface area contributed by atoms with E-state index >= 15 is 0 Å². The molecule has 0 aliphatic heterocycles. The number of hydrogen-bond donors (Lipinski definition) is 3. The average Bonchev–Trinajstić information content (AvgIpc) is 2.17. The van der Waals surface area contributed by atoms with Gasteiger partial charge in [0.15, 0.2) is 6.21 Å². The van der Waals surface area contributed by atoms with Crippen molar-refractivity contribution in [3.05, 3.63) is 28.2 Å². The lowest BCUT2D eigenvalue weighted by molar-refractivity contribution is -0.499. The Labute approximate surface area is 102 Å². The minimum Gasteiger partial charge on any atom is -0.496 e. The number of thiocarbonyl (C=S) groups is 1. The molecule has 0 unspecified atom stereocenters. The summed E-state index contributed by atoms with van der Waals surface area (Å²) in [6.45, 7) is 0. The molecule has 6 heteroatoms. The highest BCUT2D eigenvalue weighted by molar-refractivity contribution is 9.10. The zero-order valence-corrected chi connectivity index (χ0v) is 10.5. The van der Waals surface area contributed by atoms with Crippen molar-refractivity contribution in [3.8, 4) is 5.75 Å². The molecule has 15 heavy (non-hydrogen) atoms. The SMILES string of the molecule is COc1ccc(C=[NH+]NC(N)=S)cc1Br. The first kappa shape index (κ1) is 11.9. The van der Waals surface area contributed by atoms with Gasteiger partial charge in [0.1, 0.15) is 5.75 Å². The zero-order valence-electron chi connectivity index (χ0n) is 8.08. The van der Waals surface area contributed by atoms with Crippen molar-refractivity contribution in [2.24, 2.45) is 5.73 Å². The quantitative estimate of drug-likeness (QED) is 0.406. The van der Waals surface area contributed by atoms with Crippen LogP contribution in [0, 0.1) is 0 Å². The Morgan fingerprint density at radius 1 is 1.67 bits per heavy atom. The van der Waals surface area contributed by atoms with Crippen LogP contribution in [0.1, 0.15) is 5.56 Å². The molecular weight excluding hydrogens is 278 g/mol. The summed E-state index contributed by atoms with van der Waals surface area (Å²) in [6, 6.07) is 5.67. The molecule has 1 aromatic carbocycles. The molecule has 0 aliphatic rings. The maximum Gasteiger partial charge on any atom is 0.221 e. The van der Waals surface area contributed by atoms with Crippen molar-refractivity contribution in [3.63, 3.8) is 0 Å². The van der Waals surface area contributed by atoms with Crippen molar-refractivity contribution in [2.75, 3.05) is 7.11 Å². The maximum absolute atomic E-state index is 5.24. The van der Waals surface area contributed by atoms with Gasteiger partial charge < -0.3 is 10.5 Å². The minimum atomic E-state index is 0.193. The lowest BCUT2D eigenvalue weighted by Gasteiger charge is -2.01. The lowest BCUT2D eigenvalue weighted by atomic mass is 10.2. The molecule has 0 radical (unpaired) electrons. The first-order chi connectivity index (χ1) is 7.13. The standard InChI is InChI=1S/C9H10BrN3OS/c1-14-8-3-2-6(4-7(8)10)5-12-13-9(11)15/h2-5H,1H3,(H3,11,13,15)/p+1. The number of methoxy groups -OCH3 is 1. The third kappa shape index (κ3) is 3.85. The second kappa shape index (κ2) is 5.67. The van der Waals surface area contributed by atoms with Gasteiger partial charge in [0, 0.05) is 5.56 Å². The van der Waals surface area contributed by atoms with Crippen LogP contribution in [0.15, 0.2) is 22.7 Å². The number of nitrogens with one attached hydrogen (secondary N) is 2. The second-order valence-corrected chi connectivity index (χ2v) is 3.97. The molecule has 0 fully saturated rings. The smallest absolute Gasteiger partial charge is 0.221 e. The van der Waals surface area contributed by atoms with Gasteiger partial charge in [0.25, 0.3) is 0 Å². The molecule has 0 atom stereocenters. The second-order valence-electron chi connectivity index (χ2n) is 2.67. The molecule has 0 spiro atoms. The van der Waals surface area contributed by atoms with Crippen LogP contribution < -0.4 is 21.0 Å². The van der Waals surface area contributed by atoms with Crippen molar-refractivity contribution in [1.82, 2.24) is 5.43 Å². The normalized spacial score (nSPS) is 10.3. The Kier molecular flexibility index (Phi) is 4.51. The van der Waals surface area contributed by atoms with Gasteiger partial charge in [-0.05, 0) is 46.3 Å². The molecular formula is C9H11BrN3OS+. The molecule has 80 valence electrons. The van der Waals surface area contributed by atoms with Gasteiger partial charge in [0.05, 0.1) is 11.6 Å². The summed E-state index contributed by atoms with van der Waals surface area (Å²) in [7, 11) is 1.62. The van der Waals surface area contributed by atoms with E-state index in [1.54, 1.807) is 13.3 Å². The minimum absolute atomic E-state index is 0.193. The number of hydrogen-bond acceptors (Lipinski definition) is 2. The van der Waals surface area contributed by atoms with Gasteiger partial charge in [-0.1, -0.05) is 0 Å². The van der Waals surface area contributed by atoms with Crippen LogP contribution in [0.25, 0.3) is 0 Å². The number of hydrazine groups is 1. The summed E-state index contributed by atoms with van der Waals surface area (Å²) in [5, 5.41) is 2.96. The first-order valence-electron chi connectivity index (χ1n) is 4.11. The molecule has 0 heterocycles. The summed E-state index contributed by atoms with van der Waals surface area (Å²) in [5.41, 5.74) is 8.80. The summed E-state index contributed by atoms with van der Waals surface area (Å²) in [6.07, 6.45) is 1.74. The molecule has 0 saturated carbocycles. The molecule has 4 nitrogen and oxygen atoms in total. The molecule has 1 aromatic rings. The van der Waals surface area contributed by atoms with Crippen LogP contribution in [0.4, 0.5) is 0 Å². The van der Waals surface area contributed by atoms with E-state index < -0.39 is 0 Å². The highest BCUT2D eigenvalue weighted by Gasteiger charge is 2.00. The average molecular weight is 289 g/mol. The highest BCUT2D eigenvalue weighted by atomic mass is 79.9. The molecule has 0 aliphatic carbocycles. The van der Waals surface area contributed by atoms with Crippen LogP contribution in [0.3, 0.4) is 0 Å². The topological polar surface area (TPSA) is 61.2 Å². The van der Waals surface area contributed by atoms with Crippen LogP contribution >= 0.6 is 28.1 Å². The van der Waals surface area contributed by atoms with Crippen molar-refractivity contribution in [2.45, 2.75) is 0 Å². The Bertz CT molecular complexity index is 395. The van der Waals surface area contributed by atoms with E-state index in [0.29, 0.717) is 0 Å². The zero-order chi connectivity index (χ0) is 11.3. The molecule has 4 N–H and O–H groups in total. The van der Waals surface area contributed by atoms with Crippen molar-refractivity contribution < 1.29 is 9.84 Å². The number of benzene rings is 1. The fourth-order valence-electron chi connectivity index (χ4n) is 0.963. The Morgan fingerprint density at radius 2 is 2.40 bits per heavy atom. The summed E-state index contributed by atoms with van der Waals surface area (Å²) in [4.78, 5) is 0.